The zero-order valence-electron chi connectivity index (χ0n) is 13.2. The molecule has 130 valence electrons. The SMILES string of the molecule is CCn1cc(Cl)c(C(=O)Nc2nn(Cc3ccc(Cl)cc3)cc2Br)n1. The molecule has 3 aromatic rings. The van der Waals surface area contributed by atoms with Gasteiger partial charge in [-0.25, -0.2) is 0 Å². The van der Waals surface area contributed by atoms with Crippen molar-refractivity contribution >= 4 is 50.9 Å². The number of benzene rings is 1. The number of aryl methyl sites for hydroxylation is 1. The van der Waals surface area contributed by atoms with Crippen molar-refractivity contribution in [2.75, 3.05) is 5.32 Å². The van der Waals surface area contributed by atoms with E-state index in [0.717, 1.165) is 5.56 Å². The third-order valence-corrected chi connectivity index (χ3v) is 4.57. The number of halogens is 3. The van der Waals surface area contributed by atoms with E-state index in [0.29, 0.717) is 33.4 Å². The fourth-order valence-electron chi connectivity index (χ4n) is 2.22. The van der Waals surface area contributed by atoms with Crippen molar-refractivity contribution in [2.24, 2.45) is 0 Å². The van der Waals surface area contributed by atoms with Crippen LogP contribution in [0.3, 0.4) is 0 Å². The lowest BCUT2D eigenvalue weighted by atomic mass is 10.2. The second-order valence-electron chi connectivity index (χ2n) is 5.29. The Morgan fingerprint density at radius 2 is 1.88 bits per heavy atom. The number of rotatable bonds is 5. The molecule has 3 rings (SSSR count). The molecule has 0 spiro atoms. The average Bonchev–Trinajstić information content (AvgIpc) is 3.12. The van der Waals surface area contributed by atoms with E-state index in [1.165, 1.54) is 0 Å². The fourth-order valence-corrected chi connectivity index (χ4v) is 3.00. The predicted octanol–water partition coefficient (Wildman–Crippen LogP) is 4.47. The Morgan fingerprint density at radius 3 is 2.52 bits per heavy atom. The highest BCUT2D eigenvalue weighted by Crippen LogP contribution is 2.23. The Balaban J connectivity index is 1.74. The van der Waals surface area contributed by atoms with Crippen LogP contribution in [0.15, 0.2) is 41.1 Å². The van der Waals surface area contributed by atoms with E-state index in [9.17, 15) is 4.79 Å². The molecule has 0 atom stereocenters. The van der Waals surface area contributed by atoms with Gasteiger partial charge in [-0.3, -0.25) is 14.2 Å². The molecule has 6 nitrogen and oxygen atoms in total. The molecule has 1 aromatic carbocycles. The Hall–Kier alpha value is -1.83. The molecule has 1 N–H and O–H groups in total. The smallest absolute Gasteiger partial charge is 0.278 e. The monoisotopic (exact) mass is 441 g/mol. The molecular formula is C16H14BrCl2N5O. The van der Waals surface area contributed by atoms with E-state index >= 15 is 0 Å². The Kier molecular flexibility index (Phi) is 5.46. The first-order valence-corrected chi connectivity index (χ1v) is 9.03. The van der Waals surface area contributed by atoms with Gasteiger partial charge in [-0.2, -0.15) is 10.2 Å². The van der Waals surface area contributed by atoms with Crippen molar-refractivity contribution in [3.63, 3.8) is 0 Å². The standard InChI is InChI=1S/C16H14BrCl2N5O/c1-2-23-9-13(19)14(21-23)16(25)20-15-12(17)8-24(22-15)7-10-3-5-11(18)6-4-10/h3-6,8-9H,2,7H2,1H3,(H,20,22,25). The zero-order chi connectivity index (χ0) is 18.0. The van der Waals surface area contributed by atoms with Crippen LogP contribution >= 0.6 is 39.1 Å². The van der Waals surface area contributed by atoms with Gasteiger partial charge in [-0.15, -0.1) is 0 Å². The van der Waals surface area contributed by atoms with Crippen molar-refractivity contribution in [1.29, 1.82) is 0 Å². The normalized spacial score (nSPS) is 10.9. The molecule has 0 aliphatic carbocycles. The Bertz CT molecular complexity index is 904. The molecule has 0 radical (unpaired) electrons. The lowest BCUT2D eigenvalue weighted by molar-refractivity contribution is 0.102. The average molecular weight is 443 g/mol. The number of aromatic nitrogens is 4. The molecule has 2 aromatic heterocycles. The van der Waals surface area contributed by atoms with Gasteiger partial charge < -0.3 is 5.32 Å². The lowest BCUT2D eigenvalue weighted by Crippen LogP contribution is -2.15. The summed E-state index contributed by atoms with van der Waals surface area (Å²) in [6.45, 7) is 3.10. The zero-order valence-corrected chi connectivity index (χ0v) is 16.3. The van der Waals surface area contributed by atoms with Gasteiger partial charge in [0.2, 0.25) is 0 Å². The number of nitrogens with zero attached hydrogens (tertiary/aromatic N) is 4. The number of hydrogen-bond acceptors (Lipinski definition) is 3. The molecular weight excluding hydrogens is 429 g/mol. The number of anilines is 1. The predicted molar refractivity (Wildman–Crippen MR) is 101 cm³/mol. The van der Waals surface area contributed by atoms with Gasteiger partial charge in [0, 0.05) is 24.0 Å². The van der Waals surface area contributed by atoms with Crippen LogP contribution in [0, 0.1) is 0 Å². The van der Waals surface area contributed by atoms with Crippen LogP contribution < -0.4 is 5.32 Å². The molecule has 0 saturated heterocycles. The highest BCUT2D eigenvalue weighted by atomic mass is 79.9. The van der Waals surface area contributed by atoms with E-state index < -0.39 is 5.91 Å². The highest BCUT2D eigenvalue weighted by Gasteiger charge is 2.18. The Morgan fingerprint density at radius 1 is 1.16 bits per heavy atom. The summed E-state index contributed by atoms with van der Waals surface area (Å²) < 4.78 is 3.99. The summed E-state index contributed by atoms with van der Waals surface area (Å²) in [6, 6.07) is 7.50. The largest absolute Gasteiger partial charge is 0.303 e. The molecule has 0 aliphatic heterocycles. The third-order valence-electron chi connectivity index (χ3n) is 3.46. The fraction of sp³-hybridized carbons (Fsp3) is 0.188. The first-order chi connectivity index (χ1) is 12.0. The van der Waals surface area contributed by atoms with Gasteiger partial charge in [0.05, 0.1) is 16.0 Å². The van der Waals surface area contributed by atoms with Gasteiger partial charge >= 0.3 is 0 Å². The molecule has 2 heterocycles. The van der Waals surface area contributed by atoms with Crippen LogP contribution in [0.4, 0.5) is 5.82 Å². The number of nitrogens with one attached hydrogen (secondary N) is 1. The number of carbonyl (C=O) groups excluding carboxylic acids is 1. The molecule has 0 saturated carbocycles. The van der Waals surface area contributed by atoms with Gasteiger partial charge in [-0.05, 0) is 40.5 Å². The summed E-state index contributed by atoms with van der Waals surface area (Å²) in [7, 11) is 0. The topological polar surface area (TPSA) is 64.7 Å². The second kappa shape index (κ2) is 7.59. The van der Waals surface area contributed by atoms with Crippen LogP contribution in [0.25, 0.3) is 0 Å². The first-order valence-electron chi connectivity index (χ1n) is 7.48. The van der Waals surface area contributed by atoms with Crippen molar-refractivity contribution in [1.82, 2.24) is 19.6 Å². The van der Waals surface area contributed by atoms with E-state index in [2.05, 4.69) is 31.4 Å². The summed E-state index contributed by atoms with van der Waals surface area (Å²) >= 11 is 15.3. The van der Waals surface area contributed by atoms with E-state index in [1.807, 2.05) is 31.2 Å². The first kappa shape index (κ1) is 18.0. The van der Waals surface area contributed by atoms with Crippen LogP contribution in [-0.2, 0) is 13.1 Å². The van der Waals surface area contributed by atoms with E-state index in [1.54, 1.807) is 21.8 Å². The van der Waals surface area contributed by atoms with Gasteiger partial charge in [0.25, 0.3) is 5.91 Å². The van der Waals surface area contributed by atoms with E-state index in [4.69, 9.17) is 23.2 Å². The van der Waals surface area contributed by atoms with Crippen molar-refractivity contribution in [2.45, 2.75) is 20.0 Å². The molecule has 0 aliphatic rings. The number of amides is 1. The number of carbonyl (C=O) groups is 1. The van der Waals surface area contributed by atoms with Gasteiger partial charge in [-0.1, -0.05) is 35.3 Å². The summed E-state index contributed by atoms with van der Waals surface area (Å²) in [5, 5.41) is 12.2. The molecule has 0 bridgehead atoms. The van der Waals surface area contributed by atoms with Crippen molar-refractivity contribution < 1.29 is 4.79 Å². The molecule has 0 fully saturated rings. The van der Waals surface area contributed by atoms with Crippen LogP contribution in [-0.4, -0.2) is 25.5 Å². The van der Waals surface area contributed by atoms with Crippen molar-refractivity contribution in [3.05, 3.63) is 62.4 Å². The van der Waals surface area contributed by atoms with Crippen molar-refractivity contribution in [3.8, 4) is 0 Å². The number of hydrogen-bond donors (Lipinski definition) is 1. The quantitative estimate of drug-likeness (QED) is 0.633. The third kappa shape index (κ3) is 4.23. The summed E-state index contributed by atoms with van der Waals surface area (Å²) in [4.78, 5) is 12.4. The maximum atomic E-state index is 12.4. The Labute approximate surface area is 162 Å². The van der Waals surface area contributed by atoms with Crippen LogP contribution in [0.1, 0.15) is 23.0 Å². The summed E-state index contributed by atoms with van der Waals surface area (Å²) in [5.41, 5.74) is 1.21. The minimum absolute atomic E-state index is 0.169. The van der Waals surface area contributed by atoms with Gasteiger partial charge in [0.1, 0.15) is 0 Å². The lowest BCUT2D eigenvalue weighted by Gasteiger charge is -2.02. The molecule has 25 heavy (non-hydrogen) atoms. The molecule has 0 unspecified atom stereocenters. The van der Waals surface area contributed by atoms with Gasteiger partial charge in [0.15, 0.2) is 11.5 Å². The highest BCUT2D eigenvalue weighted by molar-refractivity contribution is 9.10. The minimum Gasteiger partial charge on any atom is -0.303 e. The molecule has 1 amide bonds. The van der Waals surface area contributed by atoms with Crippen LogP contribution in [0.2, 0.25) is 10.0 Å². The maximum absolute atomic E-state index is 12.4. The van der Waals surface area contributed by atoms with Crippen LogP contribution in [0.5, 0.6) is 0 Å². The minimum atomic E-state index is -0.408. The second-order valence-corrected chi connectivity index (χ2v) is 6.98. The molecule has 9 heteroatoms. The summed E-state index contributed by atoms with van der Waals surface area (Å²) in [6.07, 6.45) is 3.40. The maximum Gasteiger partial charge on any atom is 0.278 e. The van der Waals surface area contributed by atoms with E-state index in [-0.39, 0.29) is 5.69 Å². The summed E-state index contributed by atoms with van der Waals surface area (Å²) in [5.74, 6) is -0.00396.